The maximum absolute atomic E-state index is 12.2. The molecule has 2 rings (SSSR count). The van der Waals surface area contributed by atoms with E-state index in [4.69, 9.17) is 4.74 Å². The lowest BCUT2D eigenvalue weighted by Gasteiger charge is -2.33. The molecule has 1 heterocycles. The molecular formula is C16H21NO3. The van der Waals surface area contributed by atoms with Gasteiger partial charge in [-0.2, -0.15) is 0 Å². The number of hydrogen-bond acceptors (Lipinski definition) is 3. The number of nitrogens with zero attached hydrogens (tertiary/aromatic N) is 1. The first-order valence-corrected chi connectivity index (χ1v) is 7.00. The molecular weight excluding hydrogens is 254 g/mol. The molecule has 1 saturated heterocycles. The molecule has 1 amide bonds. The highest BCUT2D eigenvalue weighted by Gasteiger charge is 2.40. The maximum atomic E-state index is 12.2. The third-order valence-corrected chi connectivity index (χ3v) is 4.15. The third kappa shape index (κ3) is 2.69. The lowest BCUT2D eigenvalue weighted by atomic mass is 9.97. The van der Waals surface area contributed by atoms with Crippen LogP contribution < -0.4 is 0 Å². The smallest absolute Gasteiger partial charge is 0.310 e. The Balaban J connectivity index is 2.23. The Labute approximate surface area is 119 Å². The normalized spacial score (nSPS) is 21.6. The largest absolute Gasteiger partial charge is 0.469 e. The molecule has 108 valence electrons. The van der Waals surface area contributed by atoms with Gasteiger partial charge >= 0.3 is 5.97 Å². The first kappa shape index (κ1) is 14.6. The summed E-state index contributed by atoms with van der Waals surface area (Å²) in [7, 11) is 1.39. The molecule has 0 aliphatic carbocycles. The second-order valence-corrected chi connectivity index (χ2v) is 5.31. The standard InChI is InChI=1S/C16H21NO3/c1-11(16(19)20-3)14-9-10-15(18)17(14)12(2)13-7-5-4-6-8-13/h4-8,11-12,14H,9-10H2,1-3H3/t11-,12+,14+/m0/s1. The van der Waals surface area contributed by atoms with E-state index in [0.717, 1.165) is 5.56 Å². The predicted octanol–water partition coefficient (Wildman–Crippen LogP) is 2.55. The fourth-order valence-corrected chi connectivity index (χ4v) is 2.95. The molecule has 0 unspecified atom stereocenters. The van der Waals surface area contributed by atoms with Gasteiger partial charge in [0, 0.05) is 12.5 Å². The zero-order valence-electron chi connectivity index (χ0n) is 12.2. The average molecular weight is 275 g/mol. The molecule has 1 fully saturated rings. The summed E-state index contributed by atoms with van der Waals surface area (Å²) in [6.07, 6.45) is 1.22. The van der Waals surface area contributed by atoms with Gasteiger partial charge in [0.2, 0.25) is 5.91 Å². The van der Waals surface area contributed by atoms with Gasteiger partial charge in [0.15, 0.2) is 0 Å². The topological polar surface area (TPSA) is 46.6 Å². The van der Waals surface area contributed by atoms with Crippen molar-refractivity contribution in [3.05, 3.63) is 35.9 Å². The van der Waals surface area contributed by atoms with Crippen LogP contribution in [0.5, 0.6) is 0 Å². The van der Waals surface area contributed by atoms with Crippen LogP contribution in [0.25, 0.3) is 0 Å². The van der Waals surface area contributed by atoms with Crippen molar-refractivity contribution in [2.45, 2.75) is 38.8 Å². The summed E-state index contributed by atoms with van der Waals surface area (Å²) >= 11 is 0. The van der Waals surface area contributed by atoms with Gasteiger partial charge in [-0.25, -0.2) is 0 Å². The molecule has 20 heavy (non-hydrogen) atoms. The average Bonchev–Trinajstić information content (AvgIpc) is 2.87. The van der Waals surface area contributed by atoms with Gasteiger partial charge in [-0.15, -0.1) is 0 Å². The number of likely N-dealkylation sites (tertiary alicyclic amines) is 1. The lowest BCUT2D eigenvalue weighted by Crippen LogP contribution is -2.41. The van der Waals surface area contributed by atoms with Gasteiger partial charge < -0.3 is 9.64 Å². The molecule has 1 aromatic rings. The number of carbonyl (C=O) groups is 2. The van der Waals surface area contributed by atoms with Crippen LogP contribution in [0.2, 0.25) is 0 Å². The molecule has 0 bridgehead atoms. The first-order valence-electron chi connectivity index (χ1n) is 7.00. The Bertz CT molecular complexity index is 486. The highest BCUT2D eigenvalue weighted by Crippen LogP contribution is 2.33. The number of rotatable bonds is 4. The minimum atomic E-state index is -0.294. The van der Waals surface area contributed by atoms with Crippen LogP contribution in [0.1, 0.15) is 38.3 Å². The predicted molar refractivity (Wildman–Crippen MR) is 75.9 cm³/mol. The Morgan fingerprint density at radius 1 is 1.30 bits per heavy atom. The molecule has 3 atom stereocenters. The van der Waals surface area contributed by atoms with E-state index in [2.05, 4.69) is 0 Å². The zero-order chi connectivity index (χ0) is 14.7. The number of amides is 1. The second kappa shape index (κ2) is 6.07. The fraction of sp³-hybridized carbons (Fsp3) is 0.500. The molecule has 1 aliphatic rings. The summed E-state index contributed by atoms with van der Waals surface area (Å²) in [5.74, 6) is -0.435. The minimum absolute atomic E-state index is 0.0247. The van der Waals surface area contributed by atoms with Crippen molar-refractivity contribution < 1.29 is 14.3 Å². The second-order valence-electron chi connectivity index (χ2n) is 5.31. The summed E-state index contributed by atoms with van der Waals surface area (Å²) in [5.41, 5.74) is 1.09. The van der Waals surface area contributed by atoms with E-state index in [1.54, 1.807) is 0 Å². The Kier molecular flexibility index (Phi) is 4.42. The van der Waals surface area contributed by atoms with Crippen LogP contribution in [0.15, 0.2) is 30.3 Å². The Morgan fingerprint density at radius 3 is 2.55 bits per heavy atom. The number of ether oxygens (including phenoxy) is 1. The molecule has 4 nitrogen and oxygen atoms in total. The first-order chi connectivity index (χ1) is 9.56. The van der Waals surface area contributed by atoms with E-state index in [-0.39, 0.29) is 29.9 Å². The molecule has 0 radical (unpaired) electrons. The Morgan fingerprint density at radius 2 is 1.95 bits per heavy atom. The molecule has 0 aromatic heterocycles. The maximum Gasteiger partial charge on any atom is 0.310 e. The van der Waals surface area contributed by atoms with Gasteiger partial charge in [0.25, 0.3) is 0 Å². The summed E-state index contributed by atoms with van der Waals surface area (Å²) < 4.78 is 4.82. The zero-order valence-corrected chi connectivity index (χ0v) is 12.2. The summed E-state index contributed by atoms with van der Waals surface area (Å²) in [6, 6.07) is 9.80. The minimum Gasteiger partial charge on any atom is -0.469 e. The SMILES string of the molecule is COC(=O)[C@@H](C)[C@H]1CCC(=O)N1[C@H](C)c1ccccc1. The van der Waals surface area contributed by atoms with Crippen LogP contribution in [0.4, 0.5) is 0 Å². The van der Waals surface area contributed by atoms with Gasteiger partial charge in [-0.1, -0.05) is 30.3 Å². The van der Waals surface area contributed by atoms with Crippen molar-refractivity contribution in [3.63, 3.8) is 0 Å². The molecule has 1 aromatic carbocycles. The Hall–Kier alpha value is -1.84. The van der Waals surface area contributed by atoms with E-state index < -0.39 is 0 Å². The molecule has 0 spiro atoms. The molecule has 0 saturated carbocycles. The van der Waals surface area contributed by atoms with Gasteiger partial charge in [-0.05, 0) is 25.8 Å². The van der Waals surface area contributed by atoms with Crippen LogP contribution in [-0.4, -0.2) is 29.9 Å². The highest BCUT2D eigenvalue weighted by atomic mass is 16.5. The third-order valence-electron chi connectivity index (χ3n) is 4.15. The van der Waals surface area contributed by atoms with Crippen LogP contribution >= 0.6 is 0 Å². The van der Waals surface area contributed by atoms with Crippen molar-refractivity contribution in [1.29, 1.82) is 0 Å². The van der Waals surface area contributed by atoms with E-state index >= 15 is 0 Å². The van der Waals surface area contributed by atoms with Crippen LogP contribution in [0, 0.1) is 5.92 Å². The van der Waals surface area contributed by atoms with E-state index in [0.29, 0.717) is 12.8 Å². The van der Waals surface area contributed by atoms with E-state index in [1.165, 1.54) is 7.11 Å². The molecule has 0 N–H and O–H groups in total. The van der Waals surface area contributed by atoms with Crippen molar-refractivity contribution in [3.8, 4) is 0 Å². The number of hydrogen-bond donors (Lipinski definition) is 0. The molecule has 1 aliphatic heterocycles. The van der Waals surface area contributed by atoms with Crippen molar-refractivity contribution >= 4 is 11.9 Å². The van der Waals surface area contributed by atoms with Crippen molar-refractivity contribution in [2.75, 3.05) is 7.11 Å². The van der Waals surface area contributed by atoms with Crippen molar-refractivity contribution in [2.24, 2.45) is 5.92 Å². The highest BCUT2D eigenvalue weighted by molar-refractivity contribution is 5.81. The number of carbonyl (C=O) groups excluding carboxylic acids is 2. The summed E-state index contributed by atoms with van der Waals surface area (Å²) in [5, 5.41) is 0. The van der Waals surface area contributed by atoms with Gasteiger partial charge in [0.1, 0.15) is 0 Å². The number of esters is 1. The van der Waals surface area contributed by atoms with Gasteiger partial charge in [0.05, 0.1) is 19.1 Å². The number of benzene rings is 1. The van der Waals surface area contributed by atoms with Crippen LogP contribution in [0.3, 0.4) is 0 Å². The van der Waals surface area contributed by atoms with E-state index in [9.17, 15) is 9.59 Å². The lowest BCUT2D eigenvalue weighted by molar-refractivity contribution is -0.148. The van der Waals surface area contributed by atoms with E-state index in [1.807, 2.05) is 49.1 Å². The summed E-state index contributed by atoms with van der Waals surface area (Å²) in [4.78, 5) is 25.8. The number of methoxy groups -OCH3 is 1. The van der Waals surface area contributed by atoms with Crippen molar-refractivity contribution in [1.82, 2.24) is 4.90 Å². The quantitative estimate of drug-likeness (QED) is 0.793. The monoisotopic (exact) mass is 275 g/mol. The molecule has 4 heteroatoms. The van der Waals surface area contributed by atoms with Crippen LogP contribution in [-0.2, 0) is 14.3 Å². The van der Waals surface area contributed by atoms with Gasteiger partial charge in [-0.3, -0.25) is 9.59 Å². The summed E-state index contributed by atoms with van der Waals surface area (Å²) in [6.45, 7) is 3.84. The fourth-order valence-electron chi connectivity index (χ4n) is 2.95.